The van der Waals surface area contributed by atoms with Crippen LogP contribution in [0.2, 0.25) is 10.0 Å². The lowest BCUT2D eigenvalue weighted by molar-refractivity contribution is -0.140. The number of anilines is 1. The average Bonchev–Trinajstić information content (AvgIpc) is 2.72. The Morgan fingerprint density at radius 2 is 1.82 bits per heavy atom. The maximum atomic E-state index is 13.8. The van der Waals surface area contributed by atoms with Crippen molar-refractivity contribution in [3.05, 3.63) is 63.9 Å². The first-order valence-electron chi connectivity index (χ1n) is 10.2. The standard InChI is InChI=1S/C22H26Cl2FN3O4S/c1-4-20(22(30)26-5-2)27(13-15-9-10-16(23)11-19(15)24)21(29)14-28(33(3,31)32)18-8-6-7-17(25)12-18/h6-12,20H,4-5,13-14H2,1-3H3,(H,26,30)/t20-/m1/s1. The Hall–Kier alpha value is -2.36. The van der Waals surface area contributed by atoms with Crippen molar-refractivity contribution in [3.8, 4) is 0 Å². The Kier molecular flexibility index (Phi) is 9.51. The van der Waals surface area contributed by atoms with Gasteiger partial charge in [-0.3, -0.25) is 13.9 Å². The van der Waals surface area contributed by atoms with E-state index in [4.69, 9.17) is 23.2 Å². The summed E-state index contributed by atoms with van der Waals surface area (Å²) in [6.45, 7) is 3.18. The maximum Gasteiger partial charge on any atom is 0.244 e. The third-order valence-corrected chi connectivity index (χ3v) is 6.60. The van der Waals surface area contributed by atoms with Gasteiger partial charge in [0.05, 0.1) is 11.9 Å². The molecule has 0 fully saturated rings. The van der Waals surface area contributed by atoms with E-state index in [1.54, 1.807) is 26.0 Å². The van der Waals surface area contributed by atoms with Gasteiger partial charge in [0.15, 0.2) is 0 Å². The summed E-state index contributed by atoms with van der Waals surface area (Å²) in [7, 11) is -3.94. The highest BCUT2D eigenvalue weighted by molar-refractivity contribution is 7.92. The normalized spacial score (nSPS) is 12.2. The molecule has 0 aliphatic carbocycles. The first-order chi connectivity index (χ1) is 15.5. The molecule has 2 aromatic rings. The topological polar surface area (TPSA) is 86.8 Å². The Morgan fingerprint density at radius 1 is 1.12 bits per heavy atom. The fourth-order valence-corrected chi connectivity index (χ4v) is 4.60. The van der Waals surface area contributed by atoms with E-state index in [0.717, 1.165) is 16.6 Å². The summed E-state index contributed by atoms with van der Waals surface area (Å²) in [6.07, 6.45) is 1.20. The third-order valence-electron chi connectivity index (χ3n) is 4.87. The second-order valence-corrected chi connectivity index (χ2v) is 10.1. The summed E-state index contributed by atoms with van der Waals surface area (Å²) in [5.41, 5.74) is 0.537. The minimum Gasteiger partial charge on any atom is -0.355 e. The quantitative estimate of drug-likeness (QED) is 0.518. The minimum atomic E-state index is -3.94. The number of hydrogen-bond acceptors (Lipinski definition) is 4. The molecule has 0 unspecified atom stereocenters. The summed E-state index contributed by atoms with van der Waals surface area (Å²) >= 11 is 12.3. The van der Waals surface area contributed by atoms with E-state index in [2.05, 4.69) is 5.32 Å². The number of sulfonamides is 1. The van der Waals surface area contributed by atoms with Crippen LogP contribution in [0.15, 0.2) is 42.5 Å². The van der Waals surface area contributed by atoms with Crippen LogP contribution < -0.4 is 9.62 Å². The number of hydrogen-bond donors (Lipinski definition) is 1. The number of carbonyl (C=O) groups is 2. The second kappa shape index (κ2) is 11.7. The molecular weight excluding hydrogens is 492 g/mol. The first-order valence-corrected chi connectivity index (χ1v) is 12.8. The van der Waals surface area contributed by atoms with Gasteiger partial charge in [0.2, 0.25) is 21.8 Å². The van der Waals surface area contributed by atoms with Gasteiger partial charge in [-0.1, -0.05) is 42.3 Å². The van der Waals surface area contributed by atoms with Crippen molar-refractivity contribution < 1.29 is 22.4 Å². The summed E-state index contributed by atoms with van der Waals surface area (Å²) in [4.78, 5) is 27.4. The molecule has 1 N–H and O–H groups in total. The van der Waals surface area contributed by atoms with Crippen molar-refractivity contribution in [3.63, 3.8) is 0 Å². The molecule has 0 aliphatic rings. The zero-order valence-electron chi connectivity index (χ0n) is 18.5. The summed E-state index contributed by atoms with van der Waals surface area (Å²) < 4.78 is 39.4. The molecule has 33 heavy (non-hydrogen) atoms. The molecule has 2 amide bonds. The molecule has 0 radical (unpaired) electrons. The molecule has 0 spiro atoms. The molecule has 0 bridgehead atoms. The van der Waals surface area contributed by atoms with Crippen molar-refractivity contribution in [2.24, 2.45) is 0 Å². The number of nitrogens with one attached hydrogen (secondary N) is 1. The molecule has 0 saturated heterocycles. The van der Waals surface area contributed by atoms with Gasteiger partial charge in [-0.15, -0.1) is 0 Å². The number of nitrogens with zero attached hydrogens (tertiary/aromatic N) is 2. The zero-order valence-corrected chi connectivity index (χ0v) is 20.8. The molecule has 0 heterocycles. The number of rotatable bonds is 10. The summed E-state index contributed by atoms with van der Waals surface area (Å²) in [6, 6.07) is 8.81. The number of likely N-dealkylation sites (N-methyl/N-ethyl adjacent to an activating group) is 1. The molecule has 7 nitrogen and oxygen atoms in total. The lowest BCUT2D eigenvalue weighted by Crippen LogP contribution is -2.52. The van der Waals surface area contributed by atoms with Crippen LogP contribution in [-0.4, -0.2) is 50.5 Å². The second-order valence-electron chi connectivity index (χ2n) is 7.33. The highest BCUT2D eigenvalue weighted by Gasteiger charge is 2.32. The van der Waals surface area contributed by atoms with Gasteiger partial charge in [-0.2, -0.15) is 0 Å². The number of amides is 2. The molecule has 180 valence electrons. The Balaban J connectivity index is 2.46. The van der Waals surface area contributed by atoms with Crippen LogP contribution in [0.1, 0.15) is 25.8 Å². The van der Waals surface area contributed by atoms with E-state index in [0.29, 0.717) is 22.2 Å². The van der Waals surface area contributed by atoms with E-state index >= 15 is 0 Å². The first kappa shape index (κ1) is 26.9. The largest absolute Gasteiger partial charge is 0.355 e. The van der Waals surface area contributed by atoms with Gasteiger partial charge in [-0.25, -0.2) is 12.8 Å². The molecule has 1 atom stereocenters. The van der Waals surface area contributed by atoms with Crippen LogP contribution >= 0.6 is 23.2 Å². The number of benzene rings is 2. The average molecular weight is 518 g/mol. The predicted molar refractivity (Wildman–Crippen MR) is 128 cm³/mol. The van der Waals surface area contributed by atoms with Crippen LogP contribution in [0.3, 0.4) is 0 Å². The maximum absolute atomic E-state index is 13.8. The van der Waals surface area contributed by atoms with Gasteiger partial charge in [0.1, 0.15) is 18.4 Å². The summed E-state index contributed by atoms with van der Waals surface area (Å²) in [5.74, 6) is -1.67. The Labute approximate surface area is 203 Å². The predicted octanol–water partition coefficient (Wildman–Crippen LogP) is 3.84. The third kappa shape index (κ3) is 7.31. The Morgan fingerprint density at radius 3 is 2.36 bits per heavy atom. The highest BCUT2D eigenvalue weighted by atomic mass is 35.5. The van der Waals surface area contributed by atoms with E-state index < -0.39 is 34.3 Å². The molecular formula is C22H26Cl2FN3O4S. The van der Waals surface area contributed by atoms with Crippen molar-refractivity contribution in [1.29, 1.82) is 0 Å². The van der Waals surface area contributed by atoms with Crippen molar-refractivity contribution in [1.82, 2.24) is 10.2 Å². The van der Waals surface area contributed by atoms with Crippen molar-refractivity contribution >= 4 is 50.7 Å². The van der Waals surface area contributed by atoms with Crippen LogP contribution in [-0.2, 0) is 26.2 Å². The number of carbonyl (C=O) groups excluding carboxylic acids is 2. The molecule has 0 saturated carbocycles. The van der Waals surface area contributed by atoms with E-state index in [1.807, 2.05) is 0 Å². The number of halogens is 3. The van der Waals surface area contributed by atoms with Crippen LogP contribution in [0.4, 0.5) is 10.1 Å². The zero-order chi connectivity index (χ0) is 24.8. The van der Waals surface area contributed by atoms with Gasteiger partial charge >= 0.3 is 0 Å². The van der Waals surface area contributed by atoms with Gasteiger partial charge in [-0.05, 0) is 49.2 Å². The molecule has 0 aliphatic heterocycles. The van der Waals surface area contributed by atoms with Gasteiger partial charge < -0.3 is 10.2 Å². The fraction of sp³-hybridized carbons (Fsp3) is 0.364. The lowest BCUT2D eigenvalue weighted by atomic mass is 10.1. The van der Waals surface area contributed by atoms with Crippen molar-refractivity contribution in [2.75, 3.05) is 23.7 Å². The van der Waals surface area contributed by atoms with Crippen molar-refractivity contribution in [2.45, 2.75) is 32.9 Å². The van der Waals surface area contributed by atoms with E-state index in [9.17, 15) is 22.4 Å². The van der Waals surface area contributed by atoms with Crippen LogP contribution in [0, 0.1) is 5.82 Å². The molecule has 2 aromatic carbocycles. The monoisotopic (exact) mass is 517 g/mol. The minimum absolute atomic E-state index is 0.00128. The highest BCUT2D eigenvalue weighted by Crippen LogP contribution is 2.25. The van der Waals surface area contributed by atoms with Gasteiger partial charge in [0.25, 0.3) is 0 Å². The van der Waals surface area contributed by atoms with Gasteiger partial charge in [0, 0.05) is 23.1 Å². The molecule has 2 rings (SSSR count). The molecule has 0 aromatic heterocycles. The fourth-order valence-electron chi connectivity index (χ4n) is 3.29. The van der Waals surface area contributed by atoms with E-state index in [1.165, 1.54) is 29.2 Å². The molecule has 11 heteroatoms. The lowest BCUT2D eigenvalue weighted by Gasteiger charge is -2.33. The van der Waals surface area contributed by atoms with Crippen LogP contribution in [0.5, 0.6) is 0 Å². The van der Waals surface area contributed by atoms with Crippen LogP contribution in [0.25, 0.3) is 0 Å². The van der Waals surface area contributed by atoms with E-state index in [-0.39, 0.29) is 24.6 Å². The smallest absolute Gasteiger partial charge is 0.244 e. The Bertz CT molecular complexity index is 1110. The summed E-state index contributed by atoms with van der Waals surface area (Å²) in [5, 5.41) is 3.41. The SMILES string of the molecule is CCNC(=O)[C@@H](CC)N(Cc1ccc(Cl)cc1Cl)C(=O)CN(c1cccc(F)c1)S(C)(=O)=O.